The van der Waals surface area contributed by atoms with Crippen LogP contribution in [0.3, 0.4) is 0 Å². The molecule has 1 heterocycles. The Labute approximate surface area is 119 Å². The molecule has 1 aromatic heterocycles. The number of halogens is 1. The molecule has 2 aromatic rings. The summed E-state index contributed by atoms with van der Waals surface area (Å²) < 4.78 is 15.9. The Kier molecular flexibility index (Phi) is 3.80. The number of aromatic nitrogens is 2. The van der Waals surface area contributed by atoms with Crippen molar-refractivity contribution in [1.82, 2.24) is 9.13 Å². The molecule has 0 amide bonds. The average molecular weight is 293 g/mol. The fourth-order valence-electron chi connectivity index (χ4n) is 1.79. The minimum absolute atomic E-state index is 0.0714. The van der Waals surface area contributed by atoms with Crippen molar-refractivity contribution in [2.75, 3.05) is 0 Å². The summed E-state index contributed by atoms with van der Waals surface area (Å²) in [4.78, 5) is 23.4. The maximum atomic E-state index is 13.5. The average Bonchev–Trinajstić information content (AvgIpc) is 2.39. The molecule has 0 spiro atoms. The molecule has 2 N–H and O–H groups in total. The van der Waals surface area contributed by atoms with Gasteiger partial charge in [0.1, 0.15) is 10.8 Å². The molecular formula is C13H12FN3O2S. The van der Waals surface area contributed by atoms with Crippen LogP contribution in [0.25, 0.3) is 0 Å². The molecule has 0 atom stereocenters. The van der Waals surface area contributed by atoms with Gasteiger partial charge in [0.15, 0.2) is 0 Å². The van der Waals surface area contributed by atoms with Gasteiger partial charge < -0.3 is 14.9 Å². The summed E-state index contributed by atoms with van der Waals surface area (Å²) in [5.74, 6) is -0.498. The predicted octanol–water partition coefficient (Wildman–Crippen LogP) is 0.369. The van der Waals surface area contributed by atoms with E-state index in [1.807, 2.05) is 0 Å². The predicted molar refractivity (Wildman–Crippen MR) is 77.3 cm³/mol. The van der Waals surface area contributed by atoms with Crippen LogP contribution in [0.1, 0.15) is 11.1 Å². The van der Waals surface area contributed by atoms with Crippen LogP contribution >= 0.6 is 12.2 Å². The van der Waals surface area contributed by atoms with Crippen molar-refractivity contribution in [1.29, 1.82) is 0 Å². The third-order valence-corrected chi connectivity index (χ3v) is 3.07. The molecule has 0 bridgehead atoms. The van der Waals surface area contributed by atoms with E-state index in [-0.39, 0.29) is 11.5 Å². The molecule has 0 saturated heterocycles. The van der Waals surface area contributed by atoms with E-state index < -0.39 is 16.9 Å². The molecule has 2 rings (SSSR count). The van der Waals surface area contributed by atoms with Gasteiger partial charge in [-0.1, -0.05) is 12.2 Å². The molecule has 0 radical (unpaired) electrons. The molecule has 5 nitrogen and oxygen atoms in total. The first-order valence-corrected chi connectivity index (χ1v) is 6.14. The number of thiocarbonyl (C=S) groups is 1. The largest absolute Gasteiger partial charge is 0.389 e. The van der Waals surface area contributed by atoms with Crippen molar-refractivity contribution in [3.63, 3.8) is 0 Å². The zero-order valence-corrected chi connectivity index (χ0v) is 11.5. The summed E-state index contributed by atoms with van der Waals surface area (Å²) in [6, 6.07) is 4.08. The van der Waals surface area contributed by atoms with Gasteiger partial charge in [0, 0.05) is 25.0 Å². The highest BCUT2D eigenvalue weighted by Crippen LogP contribution is 2.10. The highest BCUT2D eigenvalue weighted by Gasteiger charge is 2.07. The lowest BCUT2D eigenvalue weighted by atomic mass is 10.1. The van der Waals surface area contributed by atoms with Crippen molar-refractivity contribution in [2.24, 2.45) is 12.8 Å². The number of nitrogens with two attached hydrogens (primary N) is 1. The van der Waals surface area contributed by atoms with Crippen molar-refractivity contribution in [3.05, 3.63) is 68.2 Å². The Morgan fingerprint density at radius 3 is 2.60 bits per heavy atom. The Morgan fingerprint density at radius 1 is 1.25 bits per heavy atom. The molecular weight excluding hydrogens is 281 g/mol. The van der Waals surface area contributed by atoms with Gasteiger partial charge in [-0.3, -0.25) is 9.59 Å². The van der Waals surface area contributed by atoms with Gasteiger partial charge in [-0.25, -0.2) is 4.39 Å². The normalized spacial score (nSPS) is 10.5. The summed E-state index contributed by atoms with van der Waals surface area (Å²) in [6.45, 7) is 0.0717. The van der Waals surface area contributed by atoms with Crippen LogP contribution in [0.4, 0.5) is 4.39 Å². The summed E-state index contributed by atoms with van der Waals surface area (Å²) in [5, 5.41) is 0. The molecule has 104 valence electrons. The standard InChI is InChI=1S/C13H12FN3O2S/c1-16-2-3-17(13(19)12(16)18)7-8-4-9(11(15)20)6-10(14)5-8/h2-6H,7H2,1H3,(H2,15,20). The fourth-order valence-corrected chi connectivity index (χ4v) is 1.91. The van der Waals surface area contributed by atoms with E-state index in [4.69, 9.17) is 18.0 Å². The molecule has 1 aromatic carbocycles. The van der Waals surface area contributed by atoms with Gasteiger partial charge in [-0.15, -0.1) is 0 Å². The SMILES string of the molecule is Cn1ccn(Cc2cc(F)cc(C(N)=S)c2)c(=O)c1=O. The molecule has 7 heteroatoms. The smallest absolute Gasteiger partial charge is 0.316 e. The second-order valence-corrected chi connectivity index (χ2v) is 4.80. The summed E-state index contributed by atoms with van der Waals surface area (Å²) in [6.07, 6.45) is 2.94. The highest BCUT2D eigenvalue weighted by molar-refractivity contribution is 7.80. The topological polar surface area (TPSA) is 70.0 Å². The van der Waals surface area contributed by atoms with Crippen LogP contribution in [0, 0.1) is 5.82 Å². The van der Waals surface area contributed by atoms with Gasteiger partial charge in [0.05, 0.1) is 6.54 Å². The van der Waals surface area contributed by atoms with E-state index in [0.717, 1.165) is 0 Å². The molecule has 0 aliphatic heterocycles. The Morgan fingerprint density at radius 2 is 1.95 bits per heavy atom. The summed E-state index contributed by atoms with van der Waals surface area (Å²) in [7, 11) is 1.49. The summed E-state index contributed by atoms with van der Waals surface area (Å²) in [5.41, 5.74) is 5.04. The van der Waals surface area contributed by atoms with Crippen LogP contribution < -0.4 is 16.9 Å². The first kappa shape index (κ1) is 14.1. The monoisotopic (exact) mass is 293 g/mol. The van der Waals surface area contributed by atoms with Crippen molar-refractivity contribution in [3.8, 4) is 0 Å². The maximum absolute atomic E-state index is 13.5. The third kappa shape index (κ3) is 2.83. The summed E-state index contributed by atoms with van der Waals surface area (Å²) >= 11 is 4.80. The van der Waals surface area contributed by atoms with Gasteiger partial charge in [-0.2, -0.15) is 0 Å². The van der Waals surface area contributed by atoms with Gasteiger partial charge in [-0.05, 0) is 23.8 Å². The minimum Gasteiger partial charge on any atom is -0.389 e. The lowest BCUT2D eigenvalue weighted by molar-refractivity contribution is 0.621. The third-order valence-electron chi connectivity index (χ3n) is 2.83. The van der Waals surface area contributed by atoms with E-state index in [2.05, 4.69) is 0 Å². The van der Waals surface area contributed by atoms with Crippen molar-refractivity contribution < 1.29 is 4.39 Å². The van der Waals surface area contributed by atoms with Crippen LogP contribution in [0.5, 0.6) is 0 Å². The van der Waals surface area contributed by atoms with Crippen molar-refractivity contribution >= 4 is 17.2 Å². The van der Waals surface area contributed by atoms with E-state index in [9.17, 15) is 14.0 Å². The van der Waals surface area contributed by atoms with Crippen LogP contribution in [-0.4, -0.2) is 14.1 Å². The second-order valence-electron chi connectivity index (χ2n) is 4.36. The van der Waals surface area contributed by atoms with E-state index in [1.165, 1.54) is 40.7 Å². The molecule has 0 unspecified atom stereocenters. The minimum atomic E-state index is -0.670. The first-order chi connectivity index (χ1) is 9.38. The Hall–Kier alpha value is -2.28. The first-order valence-electron chi connectivity index (χ1n) is 5.74. The van der Waals surface area contributed by atoms with Gasteiger partial charge in [0.2, 0.25) is 0 Å². The molecule has 0 fully saturated rings. The fraction of sp³-hybridized carbons (Fsp3) is 0.154. The van der Waals surface area contributed by atoms with E-state index in [0.29, 0.717) is 11.1 Å². The highest BCUT2D eigenvalue weighted by atomic mass is 32.1. The number of hydrogen-bond acceptors (Lipinski definition) is 3. The number of hydrogen-bond donors (Lipinski definition) is 1. The van der Waals surface area contributed by atoms with Crippen LogP contribution in [-0.2, 0) is 13.6 Å². The molecule has 0 saturated carbocycles. The zero-order chi connectivity index (χ0) is 14.9. The van der Waals surface area contributed by atoms with Crippen molar-refractivity contribution in [2.45, 2.75) is 6.54 Å². The lowest BCUT2D eigenvalue weighted by Crippen LogP contribution is -2.39. The maximum Gasteiger partial charge on any atom is 0.316 e. The number of rotatable bonds is 3. The van der Waals surface area contributed by atoms with Gasteiger partial charge >= 0.3 is 11.1 Å². The van der Waals surface area contributed by atoms with E-state index in [1.54, 1.807) is 6.07 Å². The van der Waals surface area contributed by atoms with E-state index >= 15 is 0 Å². The van der Waals surface area contributed by atoms with Crippen LogP contribution in [0.15, 0.2) is 40.2 Å². The Balaban J connectivity index is 2.45. The number of aryl methyl sites for hydroxylation is 1. The molecule has 0 aliphatic carbocycles. The molecule has 20 heavy (non-hydrogen) atoms. The Bertz CT molecular complexity index is 795. The zero-order valence-electron chi connectivity index (χ0n) is 10.7. The van der Waals surface area contributed by atoms with Crippen LogP contribution in [0.2, 0.25) is 0 Å². The number of benzene rings is 1. The quantitative estimate of drug-likeness (QED) is 0.655. The van der Waals surface area contributed by atoms with Gasteiger partial charge in [0.25, 0.3) is 0 Å². The second kappa shape index (κ2) is 5.38. The number of nitrogens with zero attached hydrogens (tertiary/aromatic N) is 2. The lowest BCUT2D eigenvalue weighted by Gasteiger charge is -2.08. The molecule has 0 aliphatic rings.